The van der Waals surface area contributed by atoms with Crippen LogP contribution in [0.15, 0.2) is 72.8 Å². The van der Waals surface area contributed by atoms with Crippen LogP contribution < -0.4 is 4.90 Å². The Balaban J connectivity index is 1.35. The van der Waals surface area contributed by atoms with Crippen LogP contribution in [0.5, 0.6) is 0 Å². The van der Waals surface area contributed by atoms with Crippen molar-refractivity contribution < 1.29 is 9.59 Å². The minimum Gasteiger partial charge on any atom is -0.322 e. The molecule has 2 atom stereocenters. The summed E-state index contributed by atoms with van der Waals surface area (Å²) in [5.74, 6) is 0.598. The van der Waals surface area contributed by atoms with Gasteiger partial charge in [-0.25, -0.2) is 0 Å². The smallest absolute Gasteiger partial charge is 0.258 e. The Morgan fingerprint density at radius 2 is 1.75 bits per heavy atom. The second-order valence-corrected chi connectivity index (χ2v) is 9.80. The van der Waals surface area contributed by atoms with Gasteiger partial charge in [0.25, 0.3) is 5.91 Å². The first-order valence-corrected chi connectivity index (χ1v) is 12.1. The van der Waals surface area contributed by atoms with Gasteiger partial charge in [0.1, 0.15) is 5.37 Å². The van der Waals surface area contributed by atoms with E-state index in [2.05, 4.69) is 13.0 Å². The molecular weight excluding hydrogens is 440 g/mol. The second kappa shape index (κ2) is 8.64. The number of fused-ring (bicyclic) bond motifs is 1. The fraction of sp³-hybridized carbons (Fsp3) is 0.231. The number of nitrogens with zero attached hydrogens (tertiary/aromatic N) is 2. The fourth-order valence-electron chi connectivity index (χ4n) is 4.49. The molecule has 6 heteroatoms. The first kappa shape index (κ1) is 21.1. The molecule has 1 saturated heterocycles. The number of benzene rings is 3. The van der Waals surface area contributed by atoms with Crippen LogP contribution in [0.2, 0.25) is 5.02 Å². The van der Waals surface area contributed by atoms with Crippen molar-refractivity contribution in [1.82, 2.24) is 4.90 Å². The predicted octanol–water partition coefficient (Wildman–Crippen LogP) is 5.71. The maximum Gasteiger partial charge on any atom is 0.258 e. The van der Waals surface area contributed by atoms with E-state index in [-0.39, 0.29) is 23.2 Å². The van der Waals surface area contributed by atoms with Crippen LogP contribution >= 0.6 is 23.4 Å². The molecule has 3 aromatic carbocycles. The third-order valence-corrected chi connectivity index (χ3v) is 7.61. The van der Waals surface area contributed by atoms with E-state index in [0.29, 0.717) is 22.9 Å². The highest BCUT2D eigenvalue weighted by atomic mass is 35.5. The molecule has 1 fully saturated rings. The highest BCUT2D eigenvalue weighted by molar-refractivity contribution is 8.00. The van der Waals surface area contributed by atoms with Gasteiger partial charge in [-0.2, -0.15) is 0 Å². The summed E-state index contributed by atoms with van der Waals surface area (Å²) in [7, 11) is 0. The molecule has 0 N–H and O–H groups in total. The van der Waals surface area contributed by atoms with Gasteiger partial charge in [-0.3, -0.25) is 9.59 Å². The number of hydrogen-bond acceptors (Lipinski definition) is 3. The Morgan fingerprint density at radius 1 is 1.03 bits per heavy atom. The summed E-state index contributed by atoms with van der Waals surface area (Å²) in [6.45, 7) is 2.62. The van der Waals surface area contributed by atoms with Gasteiger partial charge in [0.2, 0.25) is 5.91 Å². The number of carbonyl (C=O) groups is 2. The van der Waals surface area contributed by atoms with Gasteiger partial charge in [0.15, 0.2) is 0 Å². The molecule has 2 aliphatic heterocycles. The summed E-state index contributed by atoms with van der Waals surface area (Å²) in [4.78, 5) is 29.6. The van der Waals surface area contributed by atoms with Crippen molar-refractivity contribution in [2.24, 2.45) is 0 Å². The van der Waals surface area contributed by atoms with E-state index in [0.717, 1.165) is 23.2 Å². The number of carbonyl (C=O) groups excluding carboxylic acids is 2. The SMILES string of the molecule is C[C@H]1Cc2ccccc2N1C(=O)c1ccc([C@H]2SCC(=O)N2Cc2ccc(Cl)cc2)cc1. The molecule has 0 unspecified atom stereocenters. The molecule has 5 rings (SSSR count). The molecule has 0 bridgehead atoms. The van der Waals surface area contributed by atoms with E-state index in [1.165, 1.54) is 5.56 Å². The fourth-order valence-corrected chi connectivity index (χ4v) is 5.81. The zero-order chi connectivity index (χ0) is 22.2. The molecule has 3 aromatic rings. The lowest BCUT2D eigenvalue weighted by Gasteiger charge is -2.25. The van der Waals surface area contributed by atoms with E-state index in [9.17, 15) is 9.59 Å². The number of anilines is 1. The number of halogens is 1. The Hall–Kier alpha value is -2.76. The van der Waals surface area contributed by atoms with Crippen molar-refractivity contribution in [1.29, 1.82) is 0 Å². The van der Waals surface area contributed by atoms with Crippen LogP contribution in [-0.2, 0) is 17.8 Å². The van der Waals surface area contributed by atoms with Gasteiger partial charge in [-0.1, -0.05) is 54.1 Å². The molecule has 0 aliphatic carbocycles. The minimum atomic E-state index is -0.0613. The molecule has 0 aromatic heterocycles. The largest absolute Gasteiger partial charge is 0.322 e. The molecule has 2 heterocycles. The van der Waals surface area contributed by atoms with Crippen molar-refractivity contribution in [3.05, 3.63) is 100 Å². The average Bonchev–Trinajstić information content (AvgIpc) is 3.34. The molecular formula is C26H23ClN2O2S. The molecule has 4 nitrogen and oxygen atoms in total. The summed E-state index contributed by atoms with van der Waals surface area (Å²) in [6.07, 6.45) is 0.875. The van der Waals surface area contributed by atoms with Gasteiger partial charge in [0.05, 0.1) is 5.75 Å². The van der Waals surface area contributed by atoms with E-state index in [1.54, 1.807) is 11.8 Å². The van der Waals surface area contributed by atoms with E-state index < -0.39 is 0 Å². The Bertz CT molecular complexity index is 1160. The van der Waals surface area contributed by atoms with E-state index in [1.807, 2.05) is 76.5 Å². The molecule has 32 heavy (non-hydrogen) atoms. The third-order valence-electron chi connectivity index (χ3n) is 6.10. The summed E-state index contributed by atoms with van der Waals surface area (Å²) in [5, 5.41) is 0.622. The van der Waals surface area contributed by atoms with Crippen LogP contribution in [0.3, 0.4) is 0 Å². The van der Waals surface area contributed by atoms with Crippen molar-refractivity contribution in [3.63, 3.8) is 0 Å². The summed E-state index contributed by atoms with van der Waals surface area (Å²) in [6, 6.07) is 23.5. The highest BCUT2D eigenvalue weighted by Crippen LogP contribution is 2.40. The summed E-state index contributed by atoms with van der Waals surface area (Å²) in [5.41, 5.74) is 4.95. The minimum absolute atomic E-state index is 0.0159. The van der Waals surface area contributed by atoms with E-state index >= 15 is 0 Å². The van der Waals surface area contributed by atoms with E-state index in [4.69, 9.17) is 11.6 Å². The van der Waals surface area contributed by atoms with Gasteiger partial charge < -0.3 is 9.80 Å². The number of para-hydroxylation sites is 1. The molecule has 2 aliphatic rings. The Labute approximate surface area is 197 Å². The molecule has 162 valence electrons. The number of thioether (sulfide) groups is 1. The molecule has 0 spiro atoms. The Kier molecular flexibility index (Phi) is 5.70. The third kappa shape index (κ3) is 3.91. The monoisotopic (exact) mass is 462 g/mol. The highest BCUT2D eigenvalue weighted by Gasteiger charge is 2.34. The van der Waals surface area contributed by atoms with Crippen LogP contribution in [0.25, 0.3) is 0 Å². The van der Waals surface area contributed by atoms with Crippen LogP contribution in [0.1, 0.15) is 39.3 Å². The van der Waals surface area contributed by atoms with Crippen LogP contribution in [-0.4, -0.2) is 28.5 Å². The van der Waals surface area contributed by atoms with Crippen LogP contribution in [0, 0.1) is 0 Å². The van der Waals surface area contributed by atoms with Gasteiger partial charge in [-0.05, 0) is 60.4 Å². The zero-order valence-corrected chi connectivity index (χ0v) is 19.3. The Morgan fingerprint density at radius 3 is 2.50 bits per heavy atom. The quantitative estimate of drug-likeness (QED) is 0.499. The first-order chi connectivity index (χ1) is 15.5. The van der Waals surface area contributed by atoms with Crippen molar-refractivity contribution in [3.8, 4) is 0 Å². The number of amides is 2. The lowest BCUT2D eigenvalue weighted by molar-refractivity contribution is -0.128. The molecule has 0 saturated carbocycles. The normalized spacial score (nSPS) is 20.0. The van der Waals surface area contributed by atoms with Crippen LogP contribution in [0.4, 0.5) is 5.69 Å². The number of rotatable bonds is 4. The van der Waals surface area contributed by atoms with Crippen molar-refractivity contribution in [2.75, 3.05) is 10.7 Å². The second-order valence-electron chi connectivity index (χ2n) is 8.29. The molecule has 2 amide bonds. The predicted molar refractivity (Wildman–Crippen MR) is 130 cm³/mol. The van der Waals surface area contributed by atoms with Crippen molar-refractivity contribution >= 4 is 40.9 Å². The topological polar surface area (TPSA) is 40.6 Å². The number of hydrogen-bond donors (Lipinski definition) is 0. The first-order valence-electron chi connectivity index (χ1n) is 10.7. The molecule has 0 radical (unpaired) electrons. The lowest BCUT2D eigenvalue weighted by Crippen LogP contribution is -2.35. The average molecular weight is 463 g/mol. The summed E-state index contributed by atoms with van der Waals surface area (Å²) < 4.78 is 0. The maximum atomic E-state index is 13.3. The standard InChI is InChI=1S/C26H23ClN2O2S/c1-17-14-21-4-2-3-5-23(21)29(17)25(31)19-8-10-20(11-9-19)26-28(24(30)16-32-26)15-18-6-12-22(27)13-7-18/h2-13,17,26H,14-16H2,1H3/t17-,26+/m0/s1. The van der Waals surface area contributed by atoms with Gasteiger partial charge >= 0.3 is 0 Å². The maximum absolute atomic E-state index is 13.3. The summed E-state index contributed by atoms with van der Waals surface area (Å²) >= 11 is 7.61. The van der Waals surface area contributed by atoms with Crippen molar-refractivity contribution in [2.45, 2.75) is 31.3 Å². The van der Waals surface area contributed by atoms with Gasteiger partial charge in [0, 0.05) is 28.9 Å². The van der Waals surface area contributed by atoms with Gasteiger partial charge in [-0.15, -0.1) is 11.8 Å². The zero-order valence-electron chi connectivity index (χ0n) is 17.7. The lowest BCUT2D eigenvalue weighted by atomic mass is 10.1.